The summed E-state index contributed by atoms with van der Waals surface area (Å²) in [5.74, 6) is -0.861. The van der Waals surface area contributed by atoms with Crippen molar-refractivity contribution in [2.45, 2.75) is 58.2 Å². The lowest BCUT2D eigenvalue weighted by Gasteiger charge is -2.37. The highest BCUT2D eigenvalue weighted by atomic mass is 19.1. The highest BCUT2D eigenvalue weighted by Gasteiger charge is 2.30. The third-order valence-corrected chi connectivity index (χ3v) is 4.43. The average Bonchev–Trinajstić information content (AvgIpc) is 2.43. The molecule has 1 saturated heterocycles. The van der Waals surface area contributed by atoms with Crippen LogP contribution in [0.25, 0.3) is 0 Å². The highest BCUT2D eigenvalue weighted by Crippen LogP contribution is 2.09. The van der Waals surface area contributed by atoms with E-state index >= 15 is 0 Å². The van der Waals surface area contributed by atoms with Gasteiger partial charge in [0.05, 0.1) is 17.6 Å². The molecule has 1 unspecified atom stereocenters. The van der Waals surface area contributed by atoms with Crippen LogP contribution in [0.4, 0.5) is 4.39 Å². The fraction of sp³-hybridized carbons (Fsp3) is 0.588. The van der Waals surface area contributed by atoms with Gasteiger partial charge in [0, 0.05) is 0 Å². The number of rotatable bonds is 4. The normalized spacial score (nSPS) is 27.1. The van der Waals surface area contributed by atoms with Crippen LogP contribution in [0.5, 0.6) is 0 Å². The standard InChI is InChI=1S/C17H24FNO2/c1-12-6-4-7-13(2)19(12)11-14(3)21-17(20)15-8-5-9-16(18)10-15/h5,8-10,12-14H,4,6-7,11H2,1-3H3/p+1/t12-,13+,14-/m1/s1. The van der Waals surface area contributed by atoms with E-state index in [0.717, 1.165) is 6.54 Å². The Morgan fingerprint density at radius 1 is 1.38 bits per heavy atom. The summed E-state index contributed by atoms with van der Waals surface area (Å²) in [5.41, 5.74) is 0.275. The van der Waals surface area contributed by atoms with Crippen molar-refractivity contribution < 1.29 is 18.8 Å². The first-order valence-electron chi connectivity index (χ1n) is 7.79. The lowest BCUT2D eigenvalue weighted by Crippen LogP contribution is -3.20. The molecule has 0 aliphatic carbocycles. The minimum atomic E-state index is -0.446. The van der Waals surface area contributed by atoms with Gasteiger partial charge in [0.25, 0.3) is 0 Å². The van der Waals surface area contributed by atoms with Crippen molar-refractivity contribution in [2.24, 2.45) is 0 Å². The van der Waals surface area contributed by atoms with Crippen LogP contribution in [0.1, 0.15) is 50.4 Å². The Morgan fingerprint density at radius 2 is 2.05 bits per heavy atom. The molecule has 0 spiro atoms. The van der Waals surface area contributed by atoms with Crippen LogP contribution >= 0.6 is 0 Å². The van der Waals surface area contributed by atoms with E-state index in [9.17, 15) is 9.18 Å². The lowest BCUT2D eigenvalue weighted by atomic mass is 9.97. The molecule has 1 aliphatic heterocycles. The molecule has 21 heavy (non-hydrogen) atoms. The van der Waals surface area contributed by atoms with Crippen molar-refractivity contribution in [1.82, 2.24) is 0 Å². The maximum Gasteiger partial charge on any atom is 0.338 e. The number of ether oxygens (including phenoxy) is 1. The molecule has 0 bridgehead atoms. The SMILES string of the molecule is C[C@H](C[NH+]1[C@H](C)CCC[C@@H]1C)OC(=O)c1cccc(F)c1. The molecule has 116 valence electrons. The van der Waals surface area contributed by atoms with Crippen molar-refractivity contribution in [1.29, 1.82) is 0 Å². The zero-order chi connectivity index (χ0) is 15.4. The Morgan fingerprint density at radius 3 is 2.67 bits per heavy atom. The molecule has 0 radical (unpaired) electrons. The molecule has 1 aliphatic rings. The number of carbonyl (C=O) groups excluding carboxylic acids is 1. The van der Waals surface area contributed by atoms with Gasteiger partial charge in [-0.3, -0.25) is 0 Å². The van der Waals surface area contributed by atoms with E-state index in [1.54, 1.807) is 6.07 Å². The maximum atomic E-state index is 13.1. The van der Waals surface area contributed by atoms with E-state index in [0.29, 0.717) is 12.1 Å². The number of quaternary nitrogens is 1. The van der Waals surface area contributed by atoms with Crippen LogP contribution in [0, 0.1) is 5.82 Å². The minimum Gasteiger partial charge on any atom is -0.453 e. The Labute approximate surface area is 126 Å². The van der Waals surface area contributed by atoms with Gasteiger partial charge in [0.1, 0.15) is 18.5 Å². The van der Waals surface area contributed by atoms with Crippen molar-refractivity contribution in [3.05, 3.63) is 35.6 Å². The molecular weight excluding hydrogens is 269 g/mol. The maximum absolute atomic E-state index is 13.1. The number of hydrogen-bond donors (Lipinski definition) is 1. The van der Waals surface area contributed by atoms with Gasteiger partial charge in [-0.25, -0.2) is 9.18 Å². The minimum absolute atomic E-state index is 0.168. The Hall–Kier alpha value is -1.42. The molecule has 2 rings (SSSR count). The summed E-state index contributed by atoms with van der Waals surface area (Å²) >= 11 is 0. The third kappa shape index (κ3) is 4.27. The summed E-state index contributed by atoms with van der Waals surface area (Å²) in [5, 5.41) is 0. The summed E-state index contributed by atoms with van der Waals surface area (Å²) in [7, 11) is 0. The summed E-state index contributed by atoms with van der Waals surface area (Å²) in [6, 6.07) is 6.84. The average molecular weight is 294 g/mol. The van der Waals surface area contributed by atoms with Gasteiger partial charge in [-0.2, -0.15) is 0 Å². The molecule has 1 aromatic rings. The third-order valence-electron chi connectivity index (χ3n) is 4.43. The summed E-state index contributed by atoms with van der Waals surface area (Å²) in [4.78, 5) is 13.5. The molecule has 1 N–H and O–H groups in total. The van der Waals surface area contributed by atoms with Crippen LogP contribution in [0.2, 0.25) is 0 Å². The number of likely N-dealkylation sites (tertiary alicyclic amines) is 1. The number of nitrogens with one attached hydrogen (secondary N) is 1. The second kappa shape index (κ2) is 7.03. The molecule has 4 atom stereocenters. The summed E-state index contributed by atoms with van der Waals surface area (Å²) in [6.45, 7) is 7.24. The summed E-state index contributed by atoms with van der Waals surface area (Å²) in [6.07, 6.45) is 3.57. The fourth-order valence-corrected chi connectivity index (χ4v) is 3.23. The monoisotopic (exact) mass is 294 g/mol. The van der Waals surface area contributed by atoms with Gasteiger partial charge in [-0.15, -0.1) is 0 Å². The number of halogens is 1. The van der Waals surface area contributed by atoms with Crippen LogP contribution < -0.4 is 4.90 Å². The predicted octanol–water partition coefficient (Wildman–Crippen LogP) is 2.22. The zero-order valence-corrected chi connectivity index (χ0v) is 13.1. The molecule has 1 fully saturated rings. The molecule has 3 nitrogen and oxygen atoms in total. The topological polar surface area (TPSA) is 30.7 Å². The van der Waals surface area contributed by atoms with Crippen molar-refractivity contribution >= 4 is 5.97 Å². The van der Waals surface area contributed by atoms with E-state index in [2.05, 4.69) is 13.8 Å². The second-order valence-corrected chi connectivity index (χ2v) is 6.24. The number of hydrogen-bond acceptors (Lipinski definition) is 2. The second-order valence-electron chi connectivity index (χ2n) is 6.24. The molecule has 1 aromatic carbocycles. The van der Waals surface area contributed by atoms with Gasteiger partial charge >= 0.3 is 5.97 Å². The van der Waals surface area contributed by atoms with Crippen LogP contribution in [-0.4, -0.2) is 30.7 Å². The molecule has 4 heteroatoms. The predicted molar refractivity (Wildman–Crippen MR) is 79.9 cm³/mol. The largest absolute Gasteiger partial charge is 0.453 e. The van der Waals surface area contributed by atoms with Crippen molar-refractivity contribution in [2.75, 3.05) is 6.54 Å². The van der Waals surface area contributed by atoms with E-state index in [1.807, 2.05) is 6.92 Å². The van der Waals surface area contributed by atoms with Gasteiger partial charge in [0.2, 0.25) is 0 Å². The van der Waals surface area contributed by atoms with E-state index in [4.69, 9.17) is 4.74 Å². The first kappa shape index (κ1) is 16.0. The molecule has 1 heterocycles. The first-order valence-corrected chi connectivity index (χ1v) is 7.79. The Kier molecular flexibility index (Phi) is 5.34. The Bertz CT molecular complexity index is 481. The van der Waals surface area contributed by atoms with E-state index in [-0.39, 0.29) is 11.7 Å². The molecule has 0 saturated carbocycles. The van der Waals surface area contributed by atoms with Crippen molar-refractivity contribution in [3.63, 3.8) is 0 Å². The lowest BCUT2D eigenvalue weighted by molar-refractivity contribution is -0.953. The smallest absolute Gasteiger partial charge is 0.338 e. The first-order chi connectivity index (χ1) is 9.97. The number of benzene rings is 1. The highest BCUT2D eigenvalue weighted by molar-refractivity contribution is 5.89. The number of piperidine rings is 1. The fourth-order valence-electron chi connectivity index (χ4n) is 3.23. The van der Waals surface area contributed by atoms with Crippen LogP contribution in [0.3, 0.4) is 0 Å². The number of carbonyl (C=O) groups is 1. The quantitative estimate of drug-likeness (QED) is 0.863. The molecule has 0 amide bonds. The summed E-state index contributed by atoms with van der Waals surface area (Å²) < 4.78 is 18.6. The Balaban J connectivity index is 1.92. The van der Waals surface area contributed by atoms with Gasteiger partial charge in [-0.1, -0.05) is 6.07 Å². The van der Waals surface area contributed by atoms with Gasteiger partial charge < -0.3 is 9.64 Å². The number of esters is 1. The van der Waals surface area contributed by atoms with Crippen molar-refractivity contribution in [3.8, 4) is 0 Å². The van der Waals surface area contributed by atoms with Crippen LogP contribution in [0.15, 0.2) is 24.3 Å². The van der Waals surface area contributed by atoms with Gasteiger partial charge in [-0.05, 0) is 58.2 Å². The van der Waals surface area contributed by atoms with Crippen LogP contribution in [-0.2, 0) is 4.74 Å². The van der Waals surface area contributed by atoms with Gasteiger partial charge in [0.15, 0.2) is 0 Å². The molecule has 0 aromatic heterocycles. The van der Waals surface area contributed by atoms with E-state index < -0.39 is 11.8 Å². The zero-order valence-electron chi connectivity index (χ0n) is 13.1. The van der Waals surface area contributed by atoms with E-state index in [1.165, 1.54) is 42.4 Å². The molecular formula is C17H25FNO2+.